The number of pyridine rings is 1. The molecule has 0 aliphatic carbocycles. The Labute approximate surface area is 128 Å². The number of alkyl halides is 3. The van der Waals surface area contributed by atoms with Crippen molar-refractivity contribution in [3.8, 4) is 0 Å². The summed E-state index contributed by atoms with van der Waals surface area (Å²) < 4.78 is 39.3. The quantitative estimate of drug-likeness (QED) is 0.741. The third-order valence-electron chi connectivity index (χ3n) is 3.52. The standard InChI is InChI=1S/C16H12F3NOS/c1-9-3-2-4-11-12(15(21)10-5-6-22-8-10)7-13(16(17,18)19)20-14(9)11/h2-8,15,21H,1H3. The molecule has 2 nitrogen and oxygen atoms in total. The second-order valence-electron chi connectivity index (χ2n) is 5.02. The predicted molar refractivity (Wildman–Crippen MR) is 79.9 cm³/mol. The second-order valence-corrected chi connectivity index (χ2v) is 5.80. The molecule has 1 atom stereocenters. The molecule has 0 amide bonds. The van der Waals surface area contributed by atoms with Crippen molar-refractivity contribution < 1.29 is 18.3 Å². The van der Waals surface area contributed by atoms with Crippen molar-refractivity contribution in [2.75, 3.05) is 0 Å². The van der Waals surface area contributed by atoms with Gasteiger partial charge in [0.05, 0.1) is 5.52 Å². The molecule has 0 saturated carbocycles. The number of thiophene rings is 1. The summed E-state index contributed by atoms with van der Waals surface area (Å²) in [6, 6.07) is 7.77. The van der Waals surface area contributed by atoms with Crippen molar-refractivity contribution in [1.82, 2.24) is 4.98 Å². The van der Waals surface area contributed by atoms with E-state index < -0.39 is 18.0 Å². The van der Waals surface area contributed by atoms with Gasteiger partial charge < -0.3 is 5.11 Å². The lowest BCUT2D eigenvalue weighted by atomic mass is 9.97. The van der Waals surface area contributed by atoms with E-state index in [0.29, 0.717) is 16.5 Å². The number of benzene rings is 1. The summed E-state index contributed by atoms with van der Waals surface area (Å²) in [7, 11) is 0. The molecule has 0 saturated heterocycles. The van der Waals surface area contributed by atoms with Gasteiger partial charge in [-0.25, -0.2) is 4.98 Å². The minimum Gasteiger partial charge on any atom is -0.384 e. The van der Waals surface area contributed by atoms with Gasteiger partial charge in [-0.05, 0) is 46.5 Å². The first kappa shape index (κ1) is 15.0. The van der Waals surface area contributed by atoms with Crippen molar-refractivity contribution in [2.24, 2.45) is 0 Å². The summed E-state index contributed by atoms with van der Waals surface area (Å²) in [6.07, 6.45) is -5.67. The summed E-state index contributed by atoms with van der Waals surface area (Å²) in [4.78, 5) is 3.74. The molecule has 0 spiro atoms. The number of para-hydroxylation sites is 1. The number of fused-ring (bicyclic) bond motifs is 1. The summed E-state index contributed by atoms with van der Waals surface area (Å²) >= 11 is 1.38. The van der Waals surface area contributed by atoms with Gasteiger partial charge in [-0.1, -0.05) is 18.2 Å². The SMILES string of the molecule is Cc1cccc2c(C(O)c3ccsc3)cc(C(F)(F)F)nc12. The minimum absolute atomic E-state index is 0.222. The number of aromatic nitrogens is 1. The molecule has 0 aliphatic rings. The highest BCUT2D eigenvalue weighted by molar-refractivity contribution is 7.08. The Hall–Kier alpha value is -1.92. The van der Waals surface area contributed by atoms with Gasteiger partial charge in [0, 0.05) is 5.39 Å². The largest absolute Gasteiger partial charge is 0.433 e. The molecule has 0 aliphatic heterocycles. The zero-order valence-electron chi connectivity index (χ0n) is 11.6. The number of hydrogen-bond acceptors (Lipinski definition) is 3. The van der Waals surface area contributed by atoms with Crippen LogP contribution in [0.2, 0.25) is 0 Å². The average Bonchev–Trinajstić information content (AvgIpc) is 2.99. The van der Waals surface area contributed by atoms with Crippen LogP contribution in [0.5, 0.6) is 0 Å². The Morgan fingerprint density at radius 1 is 1.23 bits per heavy atom. The molecule has 2 aromatic heterocycles. The maximum absolute atomic E-state index is 13.1. The van der Waals surface area contributed by atoms with E-state index in [-0.39, 0.29) is 11.1 Å². The Bertz CT molecular complexity index is 812. The van der Waals surface area contributed by atoms with Crippen LogP contribution in [0.25, 0.3) is 10.9 Å². The normalized spacial score (nSPS) is 13.5. The molecule has 0 fully saturated rings. The topological polar surface area (TPSA) is 33.1 Å². The molecular formula is C16H12F3NOS. The van der Waals surface area contributed by atoms with E-state index in [1.165, 1.54) is 11.3 Å². The summed E-state index contributed by atoms with van der Waals surface area (Å²) in [5.74, 6) is 0. The van der Waals surface area contributed by atoms with Crippen LogP contribution in [0.15, 0.2) is 41.1 Å². The maximum Gasteiger partial charge on any atom is 0.433 e. The van der Waals surface area contributed by atoms with Crippen LogP contribution in [0, 0.1) is 6.92 Å². The molecule has 3 aromatic rings. The Kier molecular flexibility index (Phi) is 3.66. The van der Waals surface area contributed by atoms with E-state index in [2.05, 4.69) is 4.98 Å². The van der Waals surface area contributed by atoms with Gasteiger partial charge in [-0.3, -0.25) is 0 Å². The van der Waals surface area contributed by atoms with Crippen LogP contribution in [0.4, 0.5) is 13.2 Å². The van der Waals surface area contributed by atoms with Crippen molar-refractivity contribution in [3.63, 3.8) is 0 Å². The molecule has 6 heteroatoms. The number of aryl methyl sites for hydroxylation is 1. The summed E-state index contributed by atoms with van der Waals surface area (Å²) in [5, 5.41) is 14.5. The fourth-order valence-corrected chi connectivity index (χ4v) is 3.08. The molecule has 0 bridgehead atoms. The highest BCUT2D eigenvalue weighted by Gasteiger charge is 2.34. The number of halogens is 3. The number of hydrogen-bond donors (Lipinski definition) is 1. The Morgan fingerprint density at radius 2 is 2.00 bits per heavy atom. The molecule has 1 N–H and O–H groups in total. The van der Waals surface area contributed by atoms with E-state index in [4.69, 9.17) is 0 Å². The van der Waals surface area contributed by atoms with Crippen LogP contribution in [-0.4, -0.2) is 10.1 Å². The van der Waals surface area contributed by atoms with Gasteiger partial charge in [0.2, 0.25) is 0 Å². The first-order chi connectivity index (χ1) is 10.4. The van der Waals surface area contributed by atoms with E-state index in [0.717, 1.165) is 6.07 Å². The fraction of sp³-hybridized carbons (Fsp3) is 0.188. The van der Waals surface area contributed by atoms with Crippen molar-refractivity contribution in [2.45, 2.75) is 19.2 Å². The molecule has 1 unspecified atom stereocenters. The molecule has 2 heterocycles. The van der Waals surface area contributed by atoms with Gasteiger partial charge in [-0.15, -0.1) is 0 Å². The Balaban J connectivity index is 2.30. The van der Waals surface area contributed by atoms with Gasteiger partial charge in [0.1, 0.15) is 11.8 Å². The Morgan fingerprint density at radius 3 is 2.64 bits per heavy atom. The number of rotatable bonds is 2. The van der Waals surface area contributed by atoms with E-state index in [1.807, 2.05) is 0 Å². The number of aliphatic hydroxyl groups excluding tert-OH is 1. The minimum atomic E-state index is -4.56. The smallest absolute Gasteiger partial charge is 0.384 e. The van der Waals surface area contributed by atoms with Crippen LogP contribution in [0.3, 0.4) is 0 Å². The highest BCUT2D eigenvalue weighted by atomic mass is 32.1. The van der Waals surface area contributed by atoms with Crippen molar-refractivity contribution in [1.29, 1.82) is 0 Å². The van der Waals surface area contributed by atoms with Gasteiger partial charge in [0.25, 0.3) is 0 Å². The predicted octanol–water partition coefficient (Wildman–Crippen LogP) is 4.71. The third-order valence-corrected chi connectivity index (χ3v) is 4.22. The second kappa shape index (κ2) is 5.37. The van der Waals surface area contributed by atoms with Gasteiger partial charge >= 0.3 is 6.18 Å². The maximum atomic E-state index is 13.1. The molecule has 114 valence electrons. The molecular weight excluding hydrogens is 311 g/mol. The van der Waals surface area contributed by atoms with E-state index >= 15 is 0 Å². The first-order valence-corrected chi connectivity index (χ1v) is 7.50. The average molecular weight is 323 g/mol. The number of aliphatic hydroxyl groups is 1. The molecule has 22 heavy (non-hydrogen) atoms. The highest BCUT2D eigenvalue weighted by Crippen LogP contribution is 2.36. The zero-order chi connectivity index (χ0) is 15.9. The fourth-order valence-electron chi connectivity index (χ4n) is 2.40. The van der Waals surface area contributed by atoms with E-state index in [1.54, 1.807) is 41.9 Å². The van der Waals surface area contributed by atoms with Crippen LogP contribution in [0.1, 0.15) is 28.5 Å². The van der Waals surface area contributed by atoms with Crippen LogP contribution >= 0.6 is 11.3 Å². The van der Waals surface area contributed by atoms with E-state index in [9.17, 15) is 18.3 Å². The first-order valence-electron chi connectivity index (χ1n) is 6.55. The molecule has 0 radical (unpaired) electrons. The van der Waals surface area contributed by atoms with Gasteiger partial charge in [0.15, 0.2) is 0 Å². The molecule has 1 aromatic carbocycles. The van der Waals surface area contributed by atoms with Crippen molar-refractivity contribution in [3.05, 3.63) is 63.5 Å². The lowest BCUT2D eigenvalue weighted by Gasteiger charge is -2.16. The van der Waals surface area contributed by atoms with Crippen molar-refractivity contribution >= 4 is 22.2 Å². The van der Waals surface area contributed by atoms with Crippen LogP contribution in [-0.2, 0) is 6.18 Å². The monoisotopic (exact) mass is 323 g/mol. The third kappa shape index (κ3) is 2.60. The van der Waals surface area contributed by atoms with Gasteiger partial charge in [-0.2, -0.15) is 24.5 Å². The molecule has 3 rings (SSSR count). The van der Waals surface area contributed by atoms with Crippen LogP contribution < -0.4 is 0 Å². The number of nitrogens with zero attached hydrogens (tertiary/aromatic N) is 1. The lowest BCUT2D eigenvalue weighted by molar-refractivity contribution is -0.141. The zero-order valence-corrected chi connectivity index (χ0v) is 12.4. The lowest BCUT2D eigenvalue weighted by Crippen LogP contribution is -2.11. The summed E-state index contributed by atoms with van der Waals surface area (Å²) in [6.45, 7) is 1.70. The summed E-state index contributed by atoms with van der Waals surface area (Å²) in [5.41, 5.74) is 0.717.